The maximum Gasteiger partial charge on any atom is 0.329 e. The van der Waals surface area contributed by atoms with Crippen molar-refractivity contribution in [3.05, 3.63) is 70.5 Å². The minimum Gasteiger partial charge on any atom is -0.458 e. The van der Waals surface area contributed by atoms with Crippen LogP contribution in [0.3, 0.4) is 0 Å². The van der Waals surface area contributed by atoms with E-state index >= 15 is 0 Å². The SMILES string of the molecule is Cc1cccc(C[C@H](NC(=O)Cc2ccc(C)cc2F)C(=O)N[C@@H]2C(=O)N3C[C@H](O)C[C@H]3C(=O)N3CCSC[C@H]3C(=O)N[C@@H](C)C(=O)N3C[C@H](C)C[C@H]3C(=O)O[C@H]2C)c1. The molecule has 4 aliphatic rings. The molecule has 0 unspecified atom stereocenters. The summed E-state index contributed by atoms with van der Waals surface area (Å²) in [7, 11) is 0. The molecule has 15 nitrogen and oxygen atoms in total. The first-order valence-electron chi connectivity index (χ1n) is 20.1. The lowest BCUT2D eigenvalue weighted by molar-refractivity contribution is -0.163. The normalized spacial score (nSPS) is 28.6. The van der Waals surface area contributed by atoms with Crippen LogP contribution in [0.5, 0.6) is 0 Å². The zero-order chi connectivity index (χ0) is 42.7. The van der Waals surface area contributed by atoms with E-state index in [1.165, 1.54) is 47.5 Å². The molecule has 0 radical (unpaired) electrons. The summed E-state index contributed by atoms with van der Waals surface area (Å²) in [5, 5.41) is 19.0. The van der Waals surface area contributed by atoms with Crippen LogP contribution < -0.4 is 16.0 Å². The molecule has 0 saturated carbocycles. The number of benzene rings is 2. The van der Waals surface area contributed by atoms with Gasteiger partial charge in [0.1, 0.15) is 48.2 Å². The molecule has 4 heterocycles. The Balaban J connectivity index is 1.35. The lowest BCUT2D eigenvalue weighted by Gasteiger charge is -2.39. The van der Waals surface area contributed by atoms with Crippen molar-refractivity contribution in [2.75, 3.05) is 31.1 Å². The zero-order valence-electron chi connectivity index (χ0n) is 33.9. The third-order valence-corrected chi connectivity index (χ3v) is 12.4. The number of aliphatic hydroxyl groups excluding tert-OH is 1. The number of esters is 1. The number of amides is 6. The summed E-state index contributed by atoms with van der Waals surface area (Å²) in [4.78, 5) is 102. The van der Waals surface area contributed by atoms with Crippen molar-refractivity contribution >= 4 is 53.2 Å². The first kappa shape index (κ1) is 43.5. The van der Waals surface area contributed by atoms with Gasteiger partial charge in [-0.3, -0.25) is 28.8 Å². The largest absolute Gasteiger partial charge is 0.458 e. The number of ether oxygens (including phenoxy) is 1. The van der Waals surface area contributed by atoms with Crippen molar-refractivity contribution < 1.29 is 47.8 Å². The highest BCUT2D eigenvalue weighted by Crippen LogP contribution is 2.29. The Bertz CT molecular complexity index is 1990. The number of carbonyl (C=O) groups is 7. The molecule has 4 fully saturated rings. The van der Waals surface area contributed by atoms with E-state index in [2.05, 4.69) is 16.0 Å². The Morgan fingerprint density at radius 1 is 0.915 bits per heavy atom. The summed E-state index contributed by atoms with van der Waals surface area (Å²) in [5.41, 5.74) is 2.36. The Morgan fingerprint density at radius 3 is 2.37 bits per heavy atom. The highest BCUT2D eigenvalue weighted by molar-refractivity contribution is 7.99. The van der Waals surface area contributed by atoms with Gasteiger partial charge in [-0.15, -0.1) is 0 Å². The van der Waals surface area contributed by atoms with Crippen LogP contribution in [0, 0.1) is 25.6 Å². The lowest BCUT2D eigenvalue weighted by Crippen LogP contribution is -2.63. The number of aryl methyl sites for hydroxylation is 2. The Hall–Kier alpha value is -5.03. The minimum atomic E-state index is -1.63. The van der Waals surface area contributed by atoms with Crippen molar-refractivity contribution in [3.63, 3.8) is 0 Å². The van der Waals surface area contributed by atoms with Crippen LogP contribution in [0.15, 0.2) is 42.5 Å². The molecule has 4 N–H and O–H groups in total. The molecule has 6 amide bonds. The number of rotatable bonds is 7. The molecular formula is C42H53FN6O9S. The first-order chi connectivity index (χ1) is 28.0. The van der Waals surface area contributed by atoms with Gasteiger partial charge in [-0.1, -0.05) is 48.9 Å². The van der Waals surface area contributed by atoms with Gasteiger partial charge in [0.2, 0.25) is 35.4 Å². The lowest BCUT2D eigenvalue weighted by atomic mass is 10.0. The minimum absolute atomic E-state index is 0.0279. The predicted octanol–water partition coefficient (Wildman–Crippen LogP) is 0.790. The number of carbonyl (C=O) groups excluding carboxylic acids is 7. The van der Waals surface area contributed by atoms with Gasteiger partial charge in [0.05, 0.1) is 12.5 Å². The summed E-state index contributed by atoms with van der Waals surface area (Å²) in [6.07, 6.45) is -2.81. The van der Waals surface area contributed by atoms with E-state index in [4.69, 9.17) is 4.74 Å². The number of halogens is 1. The highest BCUT2D eigenvalue weighted by atomic mass is 32.2. The van der Waals surface area contributed by atoms with Gasteiger partial charge >= 0.3 is 5.97 Å². The van der Waals surface area contributed by atoms with Crippen molar-refractivity contribution in [2.45, 2.75) is 109 Å². The smallest absolute Gasteiger partial charge is 0.329 e. The fourth-order valence-corrected chi connectivity index (χ4v) is 9.39. The van der Waals surface area contributed by atoms with Crippen LogP contribution >= 0.6 is 11.8 Å². The molecule has 0 aromatic heterocycles. The van der Waals surface area contributed by atoms with Gasteiger partial charge in [0, 0.05) is 44.0 Å². The predicted molar refractivity (Wildman–Crippen MR) is 215 cm³/mol. The number of nitrogens with one attached hydrogen (secondary N) is 3. The van der Waals surface area contributed by atoms with Gasteiger partial charge < -0.3 is 40.5 Å². The maximum atomic E-state index is 14.8. The van der Waals surface area contributed by atoms with Crippen molar-refractivity contribution in [1.29, 1.82) is 0 Å². The topological polar surface area (TPSA) is 195 Å². The van der Waals surface area contributed by atoms with Gasteiger partial charge in [-0.2, -0.15) is 11.8 Å². The number of hydrogen-bond donors (Lipinski definition) is 4. The number of cyclic esters (lactones) is 1. The summed E-state index contributed by atoms with van der Waals surface area (Å²) < 4.78 is 20.7. The monoisotopic (exact) mass is 836 g/mol. The molecule has 9 atom stereocenters. The van der Waals surface area contributed by atoms with Gasteiger partial charge in [-0.25, -0.2) is 9.18 Å². The second-order valence-corrected chi connectivity index (χ2v) is 17.5. The van der Waals surface area contributed by atoms with E-state index in [1.54, 1.807) is 25.1 Å². The van der Waals surface area contributed by atoms with Crippen LogP contribution in [0.25, 0.3) is 0 Å². The Kier molecular flexibility index (Phi) is 13.6. The van der Waals surface area contributed by atoms with E-state index in [0.717, 1.165) is 10.5 Å². The first-order valence-corrected chi connectivity index (χ1v) is 21.2. The zero-order valence-corrected chi connectivity index (χ0v) is 34.8. The molecule has 6 rings (SSSR count). The average molecular weight is 837 g/mol. The van der Waals surface area contributed by atoms with E-state index in [9.17, 15) is 43.1 Å². The molecule has 0 aliphatic carbocycles. The number of thioether (sulfide) groups is 1. The van der Waals surface area contributed by atoms with Crippen LogP contribution in [-0.4, -0.2) is 141 Å². The van der Waals surface area contributed by atoms with Crippen LogP contribution in [0.4, 0.5) is 4.39 Å². The van der Waals surface area contributed by atoms with Crippen LogP contribution in [0.1, 0.15) is 55.9 Å². The number of hydrogen-bond acceptors (Lipinski definition) is 10. The fraction of sp³-hybridized carbons (Fsp3) is 0.548. The van der Waals surface area contributed by atoms with E-state index < -0.39 is 95.7 Å². The van der Waals surface area contributed by atoms with Crippen molar-refractivity contribution in [3.8, 4) is 0 Å². The standard InChI is InChI=1S/C42H53FN6O9S/c1-22-7-6-8-27(13-22)16-31(45-35(51)17-28-10-9-23(2)14-30(28)43)37(52)46-36-26(5)58-42(57)33-15-24(3)19-48(33)39(54)25(4)44-38(53)34-21-59-12-11-47(34)40(55)32-18-29(50)20-49(32)41(36)56/h6-10,13-14,24-26,29,31-34,36,50H,11-12,15-21H2,1-5H3,(H,44,53)(H,45,51)(H,46,52)/t24-,25+,26+,29-,31+,32+,33+,34+,36+/m1/s1. The number of fused-ring (bicyclic) bond motifs is 3. The molecule has 318 valence electrons. The van der Waals surface area contributed by atoms with E-state index in [-0.39, 0.29) is 62.6 Å². The van der Waals surface area contributed by atoms with E-state index in [1.807, 2.05) is 26.0 Å². The second kappa shape index (κ2) is 18.5. The molecule has 0 spiro atoms. The summed E-state index contributed by atoms with van der Waals surface area (Å²) >= 11 is 1.46. The van der Waals surface area contributed by atoms with Gasteiger partial charge in [0.15, 0.2) is 0 Å². The molecule has 4 saturated heterocycles. The molecule has 2 aromatic rings. The molecular weight excluding hydrogens is 784 g/mol. The quantitative estimate of drug-likeness (QED) is 0.290. The second-order valence-electron chi connectivity index (χ2n) is 16.3. The Morgan fingerprint density at radius 2 is 1.64 bits per heavy atom. The van der Waals surface area contributed by atoms with Crippen LogP contribution in [-0.2, 0) is 51.1 Å². The van der Waals surface area contributed by atoms with Crippen molar-refractivity contribution in [1.82, 2.24) is 30.7 Å². The molecule has 59 heavy (non-hydrogen) atoms. The molecule has 4 aliphatic heterocycles. The van der Waals surface area contributed by atoms with Crippen LogP contribution in [0.2, 0.25) is 0 Å². The fourth-order valence-electron chi connectivity index (χ4n) is 8.34. The molecule has 2 aromatic carbocycles. The molecule has 17 heteroatoms. The Labute approximate surface area is 347 Å². The average Bonchev–Trinajstić information content (AvgIpc) is 3.78. The summed E-state index contributed by atoms with van der Waals surface area (Å²) in [6.45, 7) is 8.47. The third kappa shape index (κ3) is 10.1. The third-order valence-electron chi connectivity index (χ3n) is 11.4. The van der Waals surface area contributed by atoms with Gasteiger partial charge in [0.25, 0.3) is 0 Å². The van der Waals surface area contributed by atoms with Crippen molar-refractivity contribution in [2.24, 2.45) is 5.92 Å². The summed E-state index contributed by atoms with van der Waals surface area (Å²) in [5.74, 6) is -4.76. The number of nitrogens with zero attached hydrogens (tertiary/aromatic N) is 3. The number of aliphatic hydroxyl groups is 1. The van der Waals surface area contributed by atoms with Gasteiger partial charge in [-0.05, 0) is 62.8 Å². The maximum absolute atomic E-state index is 14.8. The summed E-state index contributed by atoms with van der Waals surface area (Å²) in [6, 6.07) is 4.48. The van der Waals surface area contributed by atoms with E-state index in [0.29, 0.717) is 16.9 Å². The molecule has 0 bridgehead atoms. The highest BCUT2D eigenvalue weighted by Gasteiger charge is 2.49.